The Morgan fingerprint density at radius 2 is 2.06 bits per heavy atom. The molecule has 0 radical (unpaired) electrons. The normalized spacial score (nSPS) is 22.6. The number of rotatable bonds is 3. The van der Waals surface area contributed by atoms with Crippen LogP contribution in [0, 0.1) is 11.3 Å². The van der Waals surface area contributed by atoms with E-state index in [9.17, 15) is 9.59 Å². The van der Waals surface area contributed by atoms with Gasteiger partial charge < -0.3 is 5.32 Å². The fraction of sp³-hybridized carbons (Fsp3) is 0.727. The highest BCUT2D eigenvalue weighted by atomic mass is 16.2. The molecule has 1 saturated heterocycles. The summed E-state index contributed by atoms with van der Waals surface area (Å²) in [6.07, 6.45) is 4.45. The summed E-state index contributed by atoms with van der Waals surface area (Å²) in [7, 11) is 0. The molecule has 1 N–H and O–H groups in total. The number of amides is 3. The van der Waals surface area contributed by atoms with Crippen LogP contribution < -0.4 is 5.32 Å². The summed E-state index contributed by atoms with van der Waals surface area (Å²) in [4.78, 5) is 25.0. The van der Waals surface area contributed by atoms with Crippen molar-refractivity contribution in [3.05, 3.63) is 0 Å². The lowest BCUT2D eigenvalue weighted by Gasteiger charge is -2.19. The second-order valence-electron chi connectivity index (χ2n) is 4.44. The summed E-state index contributed by atoms with van der Waals surface area (Å²) in [5.74, 6) is -0.0899. The minimum atomic E-state index is -0.607. The number of carbonyl (C=O) groups excluding carboxylic acids is 2. The first-order valence-corrected chi connectivity index (χ1v) is 5.71. The largest absolute Gasteiger partial charge is 0.325 e. The molecule has 1 aliphatic carbocycles. The molecule has 0 bridgehead atoms. The molecule has 0 aromatic rings. The van der Waals surface area contributed by atoms with Crippen LogP contribution in [0.3, 0.4) is 0 Å². The second kappa shape index (κ2) is 4.12. The lowest BCUT2D eigenvalue weighted by molar-refractivity contribution is -0.131. The predicted molar refractivity (Wildman–Crippen MR) is 56.3 cm³/mol. The maximum Gasteiger partial charge on any atom is 0.325 e. The minimum Gasteiger partial charge on any atom is -0.323 e. The van der Waals surface area contributed by atoms with Crippen molar-refractivity contribution in [2.75, 3.05) is 6.54 Å². The molecule has 5 heteroatoms. The van der Waals surface area contributed by atoms with Gasteiger partial charge in [-0.25, -0.2) is 4.79 Å². The standard InChI is InChI=1S/C11H15N3O2/c12-7-3-4-8-14-9(15)11(13-10(14)16)5-1-2-6-11/h1-6,8H2,(H,13,16). The molecule has 0 atom stereocenters. The number of hydrogen-bond donors (Lipinski definition) is 1. The molecule has 1 heterocycles. The molecule has 86 valence electrons. The number of hydrogen-bond acceptors (Lipinski definition) is 3. The van der Waals surface area contributed by atoms with Gasteiger partial charge in [-0.15, -0.1) is 0 Å². The summed E-state index contributed by atoms with van der Waals surface area (Å²) in [5.41, 5.74) is -0.607. The van der Waals surface area contributed by atoms with E-state index in [0.717, 1.165) is 25.7 Å². The number of imide groups is 1. The molecule has 2 fully saturated rings. The van der Waals surface area contributed by atoms with Gasteiger partial charge in [-0.05, 0) is 19.3 Å². The highest BCUT2D eigenvalue weighted by Crippen LogP contribution is 2.34. The Balaban J connectivity index is 2.02. The van der Waals surface area contributed by atoms with E-state index in [2.05, 4.69) is 5.32 Å². The van der Waals surface area contributed by atoms with Gasteiger partial charge >= 0.3 is 6.03 Å². The molecule has 0 aromatic heterocycles. The SMILES string of the molecule is N#CCCCN1C(=O)NC2(CCCC2)C1=O. The first-order valence-electron chi connectivity index (χ1n) is 5.71. The van der Waals surface area contributed by atoms with E-state index in [1.165, 1.54) is 4.90 Å². The predicted octanol–water partition coefficient (Wildman–Crippen LogP) is 1.15. The van der Waals surface area contributed by atoms with E-state index >= 15 is 0 Å². The molecule has 3 amide bonds. The van der Waals surface area contributed by atoms with Crippen LogP contribution in [0.15, 0.2) is 0 Å². The number of nitriles is 1. The average Bonchev–Trinajstić information content (AvgIpc) is 2.80. The van der Waals surface area contributed by atoms with Gasteiger partial charge in [0, 0.05) is 13.0 Å². The number of unbranched alkanes of at least 4 members (excludes halogenated alkanes) is 1. The molecular formula is C11H15N3O2. The highest BCUT2D eigenvalue weighted by Gasteiger charge is 2.51. The van der Waals surface area contributed by atoms with Crippen molar-refractivity contribution >= 4 is 11.9 Å². The van der Waals surface area contributed by atoms with Gasteiger partial charge in [0.2, 0.25) is 0 Å². The molecule has 16 heavy (non-hydrogen) atoms. The van der Waals surface area contributed by atoms with Crippen LogP contribution in [-0.2, 0) is 4.79 Å². The zero-order chi connectivity index (χ0) is 11.6. The molecule has 0 aromatic carbocycles. The van der Waals surface area contributed by atoms with Crippen LogP contribution in [-0.4, -0.2) is 28.9 Å². The van der Waals surface area contributed by atoms with Crippen LogP contribution in [0.4, 0.5) is 4.79 Å². The van der Waals surface area contributed by atoms with Gasteiger partial charge in [-0.3, -0.25) is 9.69 Å². The Morgan fingerprint density at radius 3 is 2.69 bits per heavy atom. The summed E-state index contributed by atoms with van der Waals surface area (Å²) < 4.78 is 0. The van der Waals surface area contributed by atoms with Gasteiger partial charge in [0.1, 0.15) is 5.54 Å². The Labute approximate surface area is 94.4 Å². The maximum atomic E-state index is 12.1. The highest BCUT2D eigenvalue weighted by molar-refractivity contribution is 6.07. The molecule has 2 aliphatic rings. The first-order chi connectivity index (χ1) is 7.69. The van der Waals surface area contributed by atoms with E-state index in [4.69, 9.17) is 5.26 Å². The number of nitrogens with zero attached hydrogens (tertiary/aromatic N) is 2. The molecule has 5 nitrogen and oxygen atoms in total. The maximum absolute atomic E-state index is 12.1. The summed E-state index contributed by atoms with van der Waals surface area (Å²) >= 11 is 0. The van der Waals surface area contributed by atoms with Crippen molar-refractivity contribution in [1.82, 2.24) is 10.2 Å². The number of nitrogens with one attached hydrogen (secondary N) is 1. The minimum absolute atomic E-state index is 0.0899. The van der Waals surface area contributed by atoms with Gasteiger partial charge in [0.05, 0.1) is 6.07 Å². The third-order valence-electron chi connectivity index (χ3n) is 3.37. The van der Waals surface area contributed by atoms with E-state index in [1.807, 2.05) is 6.07 Å². The molecule has 1 spiro atoms. The van der Waals surface area contributed by atoms with Crippen molar-refractivity contribution in [2.45, 2.75) is 44.1 Å². The Kier molecular flexibility index (Phi) is 2.82. The van der Waals surface area contributed by atoms with E-state index < -0.39 is 5.54 Å². The van der Waals surface area contributed by atoms with Crippen LogP contribution in [0.1, 0.15) is 38.5 Å². The number of carbonyl (C=O) groups is 2. The topological polar surface area (TPSA) is 73.2 Å². The summed E-state index contributed by atoms with van der Waals surface area (Å²) in [5, 5.41) is 11.2. The first kappa shape index (κ1) is 10.9. The van der Waals surface area contributed by atoms with Crippen LogP contribution in [0.25, 0.3) is 0 Å². The van der Waals surface area contributed by atoms with Crippen molar-refractivity contribution in [3.63, 3.8) is 0 Å². The van der Waals surface area contributed by atoms with Gasteiger partial charge in [-0.2, -0.15) is 5.26 Å². The van der Waals surface area contributed by atoms with Crippen LogP contribution >= 0.6 is 0 Å². The van der Waals surface area contributed by atoms with E-state index in [0.29, 0.717) is 19.4 Å². The molecule has 2 rings (SSSR count). The summed E-state index contributed by atoms with van der Waals surface area (Å²) in [6.45, 7) is 0.361. The Hall–Kier alpha value is -1.57. The Morgan fingerprint density at radius 1 is 1.38 bits per heavy atom. The zero-order valence-electron chi connectivity index (χ0n) is 9.16. The number of urea groups is 1. The van der Waals surface area contributed by atoms with Crippen molar-refractivity contribution in [3.8, 4) is 6.07 Å². The molecule has 1 aliphatic heterocycles. The molecule has 1 saturated carbocycles. The van der Waals surface area contributed by atoms with Gasteiger partial charge in [0.25, 0.3) is 5.91 Å². The lowest BCUT2D eigenvalue weighted by atomic mass is 9.98. The van der Waals surface area contributed by atoms with E-state index in [-0.39, 0.29) is 11.9 Å². The third-order valence-corrected chi connectivity index (χ3v) is 3.37. The third kappa shape index (κ3) is 1.64. The summed E-state index contributed by atoms with van der Waals surface area (Å²) in [6, 6.07) is 1.73. The Bertz CT molecular complexity index is 353. The van der Waals surface area contributed by atoms with Crippen LogP contribution in [0.2, 0.25) is 0 Å². The lowest BCUT2D eigenvalue weighted by Crippen LogP contribution is -2.44. The quantitative estimate of drug-likeness (QED) is 0.574. The fourth-order valence-corrected chi connectivity index (χ4v) is 2.51. The molecular weight excluding hydrogens is 206 g/mol. The van der Waals surface area contributed by atoms with Gasteiger partial charge in [0.15, 0.2) is 0 Å². The average molecular weight is 221 g/mol. The van der Waals surface area contributed by atoms with Gasteiger partial charge in [-0.1, -0.05) is 12.8 Å². The van der Waals surface area contributed by atoms with Crippen molar-refractivity contribution < 1.29 is 9.59 Å². The smallest absolute Gasteiger partial charge is 0.323 e. The fourth-order valence-electron chi connectivity index (χ4n) is 2.51. The second-order valence-corrected chi connectivity index (χ2v) is 4.44. The zero-order valence-corrected chi connectivity index (χ0v) is 9.16. The van der Waals surface area contributed by atoms with E-state index in [1.54, 1.807) is 0 Å². The van der Waals surface area contributed by atoms with Crippen LogP contribution in [0.5, 0.6) is 0 Å². The van der Waals surface area contributed by atoms with Crippen molar-refractivity contribution in [1.29, 1.82) is 5.26 Å². The monoisotopic (exact) mass is 221 g/mol. The molecule has 0 unspecified atom stereocenters. The van der Waals surface area contributed by atoms with Crippen molar-refractivity contribution in [2.24, 2.45) is 0 Å².